The van der Waals surface area contributed by atoms with Gasteiger partial charge in [0.15, 0.2) is 0 Å². The van der Waals surface area contributed by atoms with Gasteiger partial charge >= 0.3 is 0 Å². The van der Waals surface area contributed by atoms with E-state index in [0.29, 0.717) is 5.76 Å². The van der Waals surface area contributed by atoms with Gasteiger partial charge in [-0.2, -0.15) is 0 Å². The molecule has 2 rings (SSSR count). The molecule has 0 aliphatic rings. The van der Waals surface area contributed by atoms with Crippen molar-refractivity contribution >= 4 is 0 Å². The Hall–Kier alpha value is -1.54. The van der Waals surface area contributed by atoms with Crippen LogP contribution in [0.3, 0.4) is 0 Å². The lowest BCUT2D eigenvalue weighted by Crippen LogP contribution is -2.01. The van der Waals surface area contributed by atoms with Crippen molar-refractivity contribution in [3.8, 4) is 0 Å². The normalized spacial score (nSPS) is 12.7. The van der Waals surface area contributed by atoms with Crippen molar-refractivity contribution in [1.29, 1.82) is 0 Å². The van der Waals surface area contributed by atoms with E-state index >= 15 is 0 Å². The van der Waals surface area contributed by atoms with E-state index in [-0.39, 0.29) is 0 Å². The van der Waals surface area contributed by atoms with E-state index in [2.05, 4.69) is 26.0 Å². The summed E-state index contributed by atoms with van der Waals surface area (Å²) in [5.41, 5.74) is 3.56. The minimum atomic E-state index is -0.671. The molecule has 0 saturated carbocycles. The van der Waals surface area contributed by atoms with Gasteiger partial charge in [0.2, 0.25) is 0 Å². The molecule has 0 radical (unpaired) electrons. The largest absolute Gasteiger partial charge is 0.463 e. The highest BCUT2D eigenvalue weighted by atomic mass is 16.4. The Morgan fingerprint density at radius 1 is 1.06 bits per heavy atom. The van der Waals surface area contributed by atoms with E-state index in [4.69, 9.17) is 4.42 Å². The first-order valence-electron chi connectivity index (χ1n) is 6.51. The topological polar surface area (TPSA) is 33.4 Å². The first-order valence-corrected chi connectivity index (χ1v) is 6.51. The fourth-order valence-electron chi connectivity index (χ4n) is 2.25. The second-order valence-electron chi connectivity index (χ2n) is 4.59. The van der Waals surface area contributed by atoms with Crippen LogP contribution in [-0.4, -0.2) is 5.11 Å². The highest BCUT2D eigenvalue weighted by molar-refractivity contribution is 5.35. The predicted molar refractivity (Wildman–Crippen MR) is 72.7 cm³/mol. The van der Waals surface area contributed by atoms with Crippen molar-refractivity contribution in [2.75, 3.05) is 0 Å². The van der Waals surface area contributed by atoms with Crippen LogP contribution in [0.5, 0.6) is 0 Å². The lowest BCUT2D eigenvalue weighted by atomic mass is 9.97. The van der Waals surface area contributed by atoms with Gasteiger partial charge in [0.1, 0.15) is 17.6 Å². The van der Waals surface area contributed by atoms with E-state index < -0.39 is 6.10 Å². The molecule has 2 heteroatoms. The SMILES string of the molecule is CCc1ccc(C(O)c2ccc(C)o2)cc1CC. The minimum Gasteiger partial charge on any atom is -0.463 e. The Kier molecular flexibility index (Phi) is 3.87. The zero-order valence-corrected chi connectivity index (χ0v) is 11.2. The lowest BCUT2D eigenvalue weighted by Gasteiger charge is -2.12. The maximum Gasteiger partial charge on any atom is 0.137 e. The minimum absolute atomic E-state index is 0.610. The van der Waals surface area contributed by atoms with Crippen LogP contribution in [0.25, 0.3) is 0 Å². The number of furan rings is 1. The van der Waals surface area contributed by atoms with Crippen molar-refractivity contribution in [3.63, 3.8) is 0 Å². The first-order chi connectivity index (χ1) is 8.65. The molecule has 0 amide bonds. The third kappa shape index (κ3) is 2.49. The fourth-order valence-corrected chi connectivity index (χ4v) is 2.25. The fraction of sp³-hybridized carbons (Fsp3) is 0.375. The standard InChI is InChI=1S/C16H20O2/c1-4-12-7-8-14(10-13(12)5-2)16(17)15-9-6-11(3)18-15/h6-10,16-17H,4-5H2,1-3H3. The maximum absolute atomic E-state index is 10.3. The second kappa shape index (κ2) is 5.40. The molecule has 0 fully saturated rings. The molecule has 0 aliphatic heterocycles. The quantitative estimate of drug-likeness (QED) is 0.887. The zero-order valence-electron chi connectivity index (χ0n) is 11.2. The summed E-state index contributed by atoms with van der Waals surface area (Å²) in [5, 5.41) is 10.3. The molecule has 2 nitrogen and oxygen atoms in total. The summed E-state index contributed by atoms with van der Waals surface area (Å²) in [6, 6.07) is 9.88. The molecule has 1 atom stereocenters. The summed E-state index contributed by atoms with van der Waals surface area (Å²) in [6.45, 7) is 6.18. The smallest absolute Gasteiger partial charge is 0.137 e. The van der Waals surface area contributed by atoms with Crippen molar-refractivity contribution in [1.82, 2.24) is 0 Å². The van der Waals surface area contributed by atoms with Gasteiger partial charge in [0, 0.05) is 0 Å². The highest BCUT2D eigenvalue weighted by Crippen LogP contribution is 2.26. The third-order valence-corrected chi connectivity index (χ3v) is 3.34. The Labute approximate surface area is 108 Å². The van der Waals surface area contributed by atoms with E-state index in [0.717, 1.165) is 24.2 Å². The van der Waals surface area contributed by atoms with Crippen LogP contribution < -0.4 is 0 Å². The van der Waals surface area contributed by atoms with Gasteiger partial charge < -0.3 is 9.52 Å². The number of aryl methyl sites for hydroxylation is 3. The van der Waals surface area contributed by atoms with Crippen LogP contribution in [-0.2, 0) is 12.8 Å². The first kappa shape index (κ1) is 12.9. The highest BCUT2D eigenvalue weighted by Gasteiger charge is 2.15. The molecule has 0 aliphatic carbocycles. The summed E-state index contributed by atoms with van der Waals surface area (Å²) < 4.78 is 5.48. The van der Waals surface area contributed by atoms with E-state index in [1.807, 2.05) is 25.1 Å². The van der Waals surface area contributed by atoms with Gasteiger partial charge in [0.25, 0.3) is 0 Å². The van der Waals surface area contributed by atoms with Crippen LogP contribution >= 0.6 is 0 Å². The number of rotatable bonds is 4. The van der Waals surface area contributed by atoms with Crippen LogP contribution in [0.4, 0.5) is 0 Å². The molecule has 18 heavy (non-hydrogen) atoms. The molecule has 1 aromatic carbocycles. The Bertz CT molecular complexity index is 526. The molecule has 0 spiro atoms. The Morgan fingerprint density at radius 2 is 1.78 bits per heavy atom. The summed E-state index contributed by atoms with van der Waals surface area (Å²) in [5.74, 6) is 1.43. The average molecular weight is 244 g/mol. The second-order valence-corrected chi connectivity index (χ2v) is 4.59. The van der Waals surface area contributed by atoms with E-state index in [1.165, 1.54) is 11.1 Å². The molecular weight excluding hydrogens is 224 g/mol. The molecule has 0 bridgehead atoms. The molecule has 1 N–H and O–H groups in total. The molecular formula is C16H20O2. The van der Waals surface area contributed by atoms with Crippen LogP contribution in [0.2, 0.25) is 0 Å². The summed E-state index contributed by atoms with van der Waals surface area (Å²) in [7, 11) is 0. The molecule has 1 unspecified atom stereocenters. The van der Waals surface area contributed by atoms with Crippen molar-refractivity contribution in [2.45, 2.75) is 39.7 Å². The number of hydrogen-bond donors (Lipinski definition) is 1. The van der Waals surface area contributed by atoms with Gasteiger partial charge in [-0.15, -0.1) is 0 Å². The van der Waals surface area contributed by atoms with Gasteiger partial charge in [-0.25, -0.2) is 0 Å². The molecule has 96 valence electrons. The Morgan fingerprint density at radius 3 is 2.33 bits per heavy atom. The summed E-state index contributed by atoms with van der Waals surface area (Å²) in [6.07, 6.45) is 1.34. The van der Waals surface area contributed by atoms with Crippen molar-refractivity contribution in [2.24, 2.45) is 0 Å². The van der Waals surface area contributed by atoms with Crippen molar-refractivity contribution < 1.29 is 9.52 Å². The number of aliphatic hydroxyl groups is 1. The van der Waals surface area contributed by atoms with E-state index in [9.17, 15) is 5.11 Å². The number of hydrogen-bond acceptors (Lipinski definition) is 2. The van der Waals surface area contributed by atoms with Gasteiger partial charge in [-0.1, -0.05) is 32.0 Å². The third-order valence-electron chi connectivity index (χ3n) is 3.34. The van der Waals surface area contributed by atoms with Gasteiger partial charge in [-0.3, -0.25) is 0 Å². The Balaban J connectivity index is 2.33. The van der Waals surface area contributed by atoms with Crippen LogP contribution in [0, 0.1) is 6.92 Å². The monoisotopic (exact) mass is 244 g/mol. The molecule has 1 heterocycles. The van der Waals surface area contributed by atoms with E-state index in [1.54, 1.807) is 0 Å². The molecule has 1 aromatic heterocycles. The zero-order chi connectivity index (χ0) is 13.1. The summed E-state index contributed by atoms with van der Waals surface area (Å²) >= 11 is 0. The van der Waals surface area contributed by atoms with Crippen molar-refractivity contribution in [3.05, 3.63) is 58.5 Å². The number of aliphatic hydroxyl groups excluding tert-OH is 1. The van der Waals surface area contributed by atoms with Crippen LogP contribution in [0.15, 0.2) is 34.7 Å². The number of benzene rings is 1. The van der Waals surface area contributed by atoms with Gasteiger partial charge in [-0.05, 0) is 48.6 Å². The predicted octanol–water partition coefficient (Wildman–Crippen LogP) is 3.79. The summed E-state index contributed by atoms with van der Waals surface area (Å²) in [4.78, 5) is 0. The average Bonchev–Trinajstić information content (AvgIpc) is 2.83. The molecule has 2 aromatic rings. The lowest BCUT2D eigenvalue weighted by molar-refractivity contribution is 0.187. The maximum atomic E-state index is 10.3. The van der Waals surface area contributed by atoms with Crippen LogP contribution in [0.1, 0.15) is 48.2 Å². The van der Waals surface area contributed by atoms with Gasteiger partial charge in [0.05, 0.1) is 0 Å². The molecule has 0 saturated heterocycles.